The minimum absolute atomic E-state index is 0.101. The number of hydrogen-bond acceptors (Lipinski definition) is 3. The summed E-state index contributed by atoms with van der Waals surface area (Å²) in [5.41, 5.74) is 5.37. The van der Waals surface area contributed by atoms with Gasteiger partial charge in [0.25, 0.3) is 0 Å². The molecule has 31 heavy (non-hydrogen) atoms. The number of nitrogens with zero attached hydrogens (tertiary/aromatic N) is 1. The van der Waals surface area contributed by atoms with E-state index < -0.39 is 11.0 Å². The van der Waals surface area contributed by atoms with E-state index in [9.17, 15) is 4.21 Å². The zero-order valence-electron chi connectivity index (χ0n) is 18.2. The van der Waals surface area contributed by atoms with Gasteiger partial charge in [-0.2, -0.15) is 0 Å². The van der Waals surface area contributed by atoms with Gasteiger partial charge in [-0.3, -0.25) is 0 Å². The summed E-state index contributed by atoms with van der Waals surface area (Å²) in [4.78, 5) is 7.52. The van der Waals surface area contributed by atoms with Gasteiger partial charge in [-0.05, 0) is 54.7 Å². The first kappa shape index (κ1) is 22.0. The van der Waals surface area contributed by atoms with Crippen molar-refractivity contribution < 1.29 is 4.21 Å². The Balaban J connectivity index is 1.82. The van der Waals surface area contributed by atoms with Crippen LogP contribution in [0.5, 0.6) is 0 Å². The number of anilines is 1. The standard InChI is InChI=1S/C25H25ClN2OS2/c1-15-13-21(28-31(29)20-8-6-7-19(26)14-20)23-22(16(2)30-24(23)27-15)17-9-11-18(12-10-17)25(3,4)5/h6-14H,1-5H3,(H,27,28). The molecule has 1 atom stereocenters. The molecule has 2 aromatic heterocycles. The zero-order valence-corrected chi connectivity index (χ0v) is 20.6. The molecule has 0 aliphatic carbocycles. The Hall–Kier alpha value is -2.21. The molecule has 4 rings (SSSR count). The van der Waals surface area contributed by atoms with Gasteiger partial charge in [0.05, 0.1) is 10.6 Å². The van der Waals surface area contributed by atoms with Crippen molar-refractivity contribution in [2.75, 3.05) is 4.72 Å². The highest BCUT2D eigenvalue weighted by atomic mass is 35.5. The Labute approximate surface area is 195 Å². The SMILES string of the molecule is Cc1cc(NS(=O)c2cccc(Cl)c2)c2c(-c3ccc(C(C)(C)C)cc3)c(C)sc2n1. The molecule has 0 aliphatic rings. The van der Waals surface area contributed by atoms with Gasteiger partial charge in [0, 0.05) is 26.5 Å². The minimum atomic E-state index is -1.44. The third kappa shape index (κ3) is 4.54. The first-order valence-corrected chi connectivity index (χ1v) is 12.4. The number of halogens is 1. The van der Waals surface area contributed by atoms with Crippen LogP contribution in [-0.4, -0.2) is 9.19 Å². The van der Waals surface area contributed by atoms with E-state index in [1.807, 2.05) is 25.1 Å². The Kier molecular flexibility index (Phi) is 5.95. The summed E-state index contributed by atoms with van der Waals surface area (Å²) in [7, 11) is -1.44. The van der Waals surface area contributed by atoms with Crippen molar-refractivity contribution in [3.05, 3.63) is 75.8 Å². The van der Waals surface area contributed by atoms with Crippen molar-refractivity contribution in [2.24, 2.45) is 0 Å². The Bertz CT molecular complexity index is 1290. The maximum Gasteiger partial charge on any atom is 0.150 e. The summed E-state index contributed by atoms with van der Waals surface area (Å²) in [6, 6.07) is 17.8. The molecule has 0 radical (unpaired) electrons. The molecule has 0 spiro atoms. The normalized spacial score (nSPS) is 12.8. The molecule has 6 heteroatoms. The van der Waals surface area contributed by atoms with E-state index in [1.54, 1.807) is 23.5 Å². The van der Waals surface area contributed by atoms with E-state index >= 15 is 0 Å². The lowest BCUT2D eigenvalue weighted by molar-refractivity contribution is 0.590. The van der Waals surface area contributed by atoms with Gasteiger partial charge in [-0.25, -0.2) is 9.19 Å². The maximum atomic E-state index is 13.1. The fourth-order valence-electron chi connectivity index (χ4n) is 3.64. The van der Waals surface area contributed by atoms with Crippen LogP contribution in [0.2, 0.25) is 5.02 Å². The number of aromatic nitrogens is 1. The summed E-state index contributed by atoms with van der Waals surface area (Å²) in [6.07, 6.45) is 0. The van der Waals surface area contributed by atoms with Crippen LogP contribution in [0.3, 0.4) is 0 Å². The fourth-order valence-corrected chi connectivity index (χ4v) is 5.92. The molecule has 2 aromatic carbocycles. The number of rotatable bonds is 4. The van der Waals surface area contributed by atoms with E-state index in [4.69, 9.17) is 16.6 Å². The van der Waals surface area contributed by atoms with E-state index in [-0.39, 0.29) is 5.41 Å². The topological polar surface area (TPSA) is 42.0 Å². The second kappa shape index (κ2) is 8.38. The molecule has 0 saturated heterocycles. The molecule has 1 N–H and O–H groups in total. The number of aryl methyl sites for hydroxylation is 2. The fraction of sp³-hybridized carbons (Fsp3) is 0.240. The Morgan fingerprint density at radius 3 is 2.39 bits per heavy atom. The molecular formula is C25H25ClN2OS2. The second-order valence-corrected chi connectivity index (χ2v) is 11.5. The van der Waals surface area contributed by atoms with Crippen molar-refractivity contribution in [2.45, 2.75) is 44.9 Å². The molecule has 2 heterocycles. The van der Waals surface area contributed by atoms with Gasteiger partial charge in [-0.15, -0.1) is 11.3 Å². The van der Waals surface area contributed by atoms with Crippen molar-refractivity contribution in [1.82, 2.24) is 4.98 Å². The minimum Gasteiger partial charge on any atom is -0.300 e. The molecule has 3 nitrogen and oxygen atoms in total. The first-order chi connectivity index (χ1) is 14.6. The summed E-state index contributed by atoms with van der Waals surface area (Å²) >= 11 is 7.76. The summed E-state index contributed by atoms with van der Waals surface area (Å²) < 4.78 is 16.3. The van der Waals surface area contributed by atoms with E-state index in [1.165, 1.54) is 10.4 Å². The number of pyridine rings is 1. The number of fused-ring (bicyclic) bond motifs is 1. The van der Waals surface area contributed by atoms with Gasteiger partial charge >= 0.3 is 0 Å². The molecule has 0 saturated carbocycles. The third-order valence-corrected chi connectivity index (χ3v) is 7.54. The van der Waals surface area contributed by atoms with Crippen LogP contribution in [0, 0.1) is 13.8 Å². The van der Waals surface area contributed by atoms with Crippen molar-refractivity contribution in [3.8, 4) is 11.1 Å². The zero-order chi connectivity index (χ0) is 22.3. The van der Waals surface area contributed by atoms with Crippen molar-refractivity contribution in [3.63, 3.8) is 0 Å². The number of benzene rings is 2. The number of thiophene rings is 1. The van der Waals surface area contributed by atoms with Crippen LogP contribution < -0.4 is 4.72 Å². The smallest absolute Gasteiger partial charge is 0.150 e. The highest BCUT2D eigenvalue weighted by Crippen LogP contribution is 2.42. The Morgan fingerprint density at radius 2 is 1.74 bits per heavy atom. The molecule has 1 unspecified atom stereocenters. The number of nitrogens with one attached hydrogen (secondary N) is 1. The highest BCUT2D eigenvalue weighted by Gasteiger charge is 2.19. The van der Waals surface area contributed by atoms with Gasteiger partial charge in [0.1, 0.15) is 15.8 Å². The molecule has 4 aromatic rings. The quantitative estimate of drug-likeness (QED) is 0.334. The Morgan fingerprint density at radius 1 is 1.03 bits per heavy atom. The van der Waals surface area contributed by atoms with Crippen LogP contribution in [-0.2, 0) is 16.4 Å². The van der Waals surface area contributed by atoms with Crippen LogP contribution in [0.15, 0.2) is 59.5 Å². The second-order valence-electron chi connectivity index (χ2n) is 8.68. The van der Waals surface area contributed by atoms with Gasteiger partial charge in [0.15, 0.2) is 0 Å². The molecule has 0 aliphatic heterocycles. The van der Waals surface area contributed by atoms with E-state index in [2.05, 4.69) is 56.7 Å². The average Bonchev–Trinajstić information content (AvgIpc) is 3.03. The predicted molar refractivity (Wildman–Crippen MR) is 135 cm³/mol. The maximum absolute atomic E-state index is 13.1. The first-order valence-electron chi connectivity index (χ1n) is 10.1. The third-order valence-electron chi connectivity index (χ3n) is 5.22. The monoisotopic (exact) mass is 468 g/mol. The van der Waals surface area contributed by atoms with Crippen LogP contribution in [0.4, 0.5) is 5.69 Å². The van der Waals surface area contributed by atoms with Crippen molar-refractivity contribution >= 4 is 49.8 Å². The predicted octanol–water partition coefficient (Wildman–Crippen LogP) is 7.67. The largest absolute Gasteiger partial charge is 0.300 e. The molecule has 160 valence electrons. The van der Waals surface area contributed by atoms with Gasteiger partial charge in [0.2, 0.25) is 0 Å². The van der Waals surface area contributed by atoms with Crippen molar-refractivity contribution in [1.29, 1.82) is 0 Å². The summed E-state index contributed by atoms with van der Waals surface area (Å²) in [5, 5.41) is 1.57. The van der Waals surface area contributed by atoms with Gasteiger partial charge < -0.3 is 4.72 Å². The van der Waals surface area contributed by atoms with Gasteiger partial charge in [-0.1, -0.05) is 62.7 Å². The molecule has 0 amide bonds. The van der Waals surface area contributed by atoms with Crippen LogP contribution >= 0.6 is 22.9 Å². The van der Waals surface area contributed by atoms with Crippen LogP contribution in [0.25, 0.3) is 21.3 Å². The van der Waals surface area contributed by atoms with E-state index in [0.29, 0.717) is 9.92 Å². The molecule has 0 bridgehead atoms. The average molecular weight is 469 g/mol. The molecule has 0 fully saturated rings. The molecular weight excluding hydrogens is 444 g/mol. The number of hydrogen-bond donors (Lipinski definition) is 1. The lowest BCUT2D eigenvalue weighted by Crippen LogP contribution is -2.10. The summed E-state index contributed by atoms with van der Waals surface area (Å²) in [5.74, 6) is 0. The lowest BCUT2D eigenvalue weighted by Gasteiger charge is -2.19. The highest BCUT2D eigenvalue weighted by molar-refractivity contribution is 7.86. The lowest BCUT2D eigenvalue weighted by atomic mass is 9.86. The summed E-state index contributed by atoms with van der Waals surface area (Å²) in [6.45, 7) is 10.7. The van der Waals surface area contributed by atoms with E-state index in [0.717, 1.165) is 32.7 Å². The van der Waals surface area contributed by atoms with Crippen LogP contribution in [0.1, 0.15) is 36.9 Å².